The molecule has 0 bridgehead atoms. The summed E-state index contributed by atoms with van der Waals surface area (Å²) in [5.41, 5.74) is 2.21. The lowest BCUT2D eigenvalue weighted by Crippen LogP contribution is -2.19. The number of anilines is 1. The van der Waals surface area contributed by atoms with Gasteiger partial charge in [-0.1, -0.05) is 6.92 Å². The van der Waals surface area contributed by atoms with Crippen molar-refractivity contribution < 1.29 is 0 Å². The normalized spacial score (nSPS) is 10.2. The van der Waals surface area contributed by atoms with Crippen LogP contribution in [0.5, 0.6) is 0 Å². The van der Waals surface area contributed by atoms with Crippen LogP contribution >= 0.6 is 0 Å². The van der Waals surface area contributed by atoms with Gasteiger partial charge in [-0.3, -0.25) is 0 Å². The summed E-state index contributed by atoms with van der Waals surface area (Å²) in [7, 11) is 2.04. The van der Waals surface area contributed by atoms with Crippen molar-refractivity contribution in [1.29, 1.82) is 0 Å². The third-order valence-corrected chi connectivity index (χ3v) is 2.17. The molecule has 0 saturated carbocycles. The predicted octanol–water partition coefficient (Wildman–Crippen LogP) is 1.94. The summed E-state index contributed by atoms with van der Waals surface area (Å²) in [6, 6.07) is 2.08. The van der Waals surface area contributed by atoms with E-state index in [4.69, 9.17) is 0 Å². The zero-order valence-corrected chi connectivity index (χ0v) is 8.83. The standard InChI is InChI=1S/C10H17N3/c1-5-6-13(4)10-7-8(2)9(3)11-12-10/h7H,5-6H2,1-4H3. The van der Waals surface area contributed by atoms with Gasteiger partial charge in [-0.25, -0.2) is 0 Å². The fraction of sp³-hybridized carbons (Fsp3) is 0.600. The Hall–Kier alpha value is -1.12. The van der Waals surface area contributed by atoms with Crippen LogP contribution in [0, 0.1) is 13.8 Å². The molecule has 1 aromatic heterocycles. The number of nitrogens with zero attached hydrogens (tertiary/aromatic N) is 3. The number of hydrogen-bond donors (Lipinski definition) is 0. The van der Waals surface area contributed by atoms with Crippen molar-refractivity contribution in [1.82, 2.24) is 10.2 Å². The van der Waals surface area contributed by atoms with E-state index < -0.39 is 0 Å². The van der Waals surface area contributed by atoms with Gasteiger partial charge in [-0.15, -0.1) is 5.10 Å². The molecule has 0 N–H and O–H groups in total. The second kappa shape index (κ2) is 4.21. The molecule has 0 atom stereocenters. The highest BCUT2D eigenvalue weighted by Gasteiger charge is 2.03. The molecule has 0 amide bonds. The Morgan fingerprint density at radius 1 is 1.31 bits per heavy atom. The molecule has 0 saturated heterocycles. The van der Waals surface area contributed by atoms with Gasteiger partial charge in [0.2, 0.25) is 0 Å². The van der Waals surface area contributed by atoms with Crippen LogP contribution in [0.3, 0.4) is 0 Å². The molecule has 13 heavy (non-hydrogen) atoms. The molecular weight excluding hydrogens is 162 g/mol. The molecule has 0 aliphatic carbocycles. The largest absolute Gasteiger partial charge is 0.358 e. The minimum Gasteiger partial charge on any atom is -0.358 e. The van der Waals surface area contributed by atoms with Gasteiger partial charge in [0, 0.05) is 13.6 Å². The van der Waals surface area contributed by atoms with Gasteiger partial charge in [-0.05, 0) is 31.9 Å². The van der Waals surface area contributed by atoms with Crippen LogP contribution in [-0.4, -0.2) is 23.8 Å². The van der Waals surface area contributed by atoms with E-state index in [1.54, 1.807) is 0 Å². The molecule has 1 heterocycles. The number of rotatable bonds is 3. The molecule has 72 valence electrons. The average molecular weight is 179 g/mol. The van der Waals surface area contributed by atoms with Crippen molar-refractivity contribution in [3.05, 3.63) is 17.3 Å². The Morgan fingerprint density at radius 2 is 2.00 bits per heavy atom. The lowest BCUT2D eigenvalue weighted by Gasteiger charge is -2.16. The van der Waals surface area contributed by atoms with E-state index in [-0.39, 0.29) is 0 Å². The van der Waals surface area contributed by atoms with Crippen molar-refractivity contribution in [2.75, 3.05) is 18.5 Å². The number of aromatic nitrogens is 2. The molecule has 0 aliphatic heterocycles. The van der Waals surface area contributed by atoms with Crippen LogP contribution in [-0.2, 0) is 0 Å². The number of hydrogen-bond acceptors (Lipinski definition) is 3. The molecule has 0 radical (unpaired) electrons. The minimum atomic E-state index is 0.963. The van der Waals surface area contributed by atoms with Gasteiger partial charge in [-0.2, -0.15) is 5.10 Å². The van der Waals surface area contributed by atoms with E-state index in [0.29, 0.717) is 0 Å². The van der Waals surface area contributed by atoms with Crippen LogP contribution in [0.25, 0.3) is 0 Å². The first-order chi connectivity index (χ1) is 6.15. The fourth-order valence-electron chi connectivity index (χ4n) is 1.17. The summed E-state index contributed by atoms with van der Waals surface area (Å²) in [5, 5.41) is 8.22. The monoisotopic (exact) mass is 179 g/mol. The van der Waals surface area contributed by atoms with Gasteiger partial charge < -0.3 is 4.90 Å². The molecular formula is C10H17N3. The van der Waals surface area contributed by atoms with E-state index >= 15 is 0 Å². The van der Waals surface area contributed by atoms with Crippen molar-refractivity contribution in [3.63, 3.8) is 0 Å². The van der Waals surface area contributed by atoms with Crippen LogP contribution in [0.15, 0.2) is 6.07 Å². The molecule has 0 unspecified atom stereocenters. The summed E-state index contributed by atoms with van der Waals surface area (Å²) in [4.78, 5) is 2.12. The second-order valence-electron chi connectivity index (χ2n) is 3.39. The highest BCUT2D eigenvalue weighted by Crippen LogP contribution is 2.11. The lowest BCUT2D eigenvalue weighted by molar-refractivity contribution is 0.813. The molecule has 3 heteroatoms. The van der Waals surface area contributed by atoms with Crippen molar-refractivity contribution in [2.45, 2.75) is 27.2 Å². The third kappa shape index (κ3) is 2.41. The summed E-state index contributed by atoms with van der Waals surface area (Å²) < 4.78 is 0. The van der Waals surface area contributed by atoms with E-state index in [0.717, 1.165) is 24.5 Å². The van der Waals surface area contributed by atoms with Gasteiger partial charge in [0.15, 0.2) is 5.82 Å². The average Bonchev–Trinajstić information content (AvgIpc) is 2.10. The van der Waals surface area contributed by atoms with Crippen molar-refractivity contribution in [2.24, 2.45) is 0 Å². The maximum Gasteiger partial charge on any atom is 0.151 e. The Morgan fingerprint density at radius 3 is 2.54 bits per heavy atom. The summed E-state index contributed by atoms with van der Waals surface area (Å²) in [5.74, 6) is 0.963. The molecule has 1 rings (SSSR count). The second-order valence-corrected chi connectivity index (χ2v) is 3.39. The maximum absolute atomic E-state index is 4.13. The van der Waals surface area contributed by atoms with Crippen LogP contribution in [0.4, 0.5) is 5.82 Å². The lowest BCUT2D eigenvalue weighted by atomic mass is 10.2. The first-order valence-electron chi connectivity index (χ1n) is 4.67. The Kier molecular flexibility index (Phi) is 3.23. The zero-order valence-electron chi connectivity index (χ0n) is 8.83. The summed E-state index contributed by atoms with van der Waals surface area (Å²) in [6.07, 6.45) is 1.13. The summed E-state index contributed by atoms with van der Waals surface area (Å²) >= 11 is 0. The molecule has 3 nitrogen and oxygen atoms in total. The summed E-state index contributed by atoms with van der Waals surface area (Å²) in [6.45, 7) is 7.22. The van der Waals surface area contributed by atoms with Gasteiger partial charge >= 0.3 is 0 Å². The smallest absolute Gasteiger partial charge is 0.151 e. The maximum atomic E-state index is 4.13. The van der Waals surface area contributed by atoms with Crippen LogP contribution in [0.1, 0.15) is 24.6 Å². The van der Waals surface area contributed by atoms with Crippen molar-refractivity contribution in [3.8, 4) is 0 Å². The first kappa shape index (κ1) is 9.96. The highest BCUT2D eigenvalue weighted by atomic mass is 15.2. The Bertz CT molecular complexity index is 283. The van der Waals surface area contributed by atoms with Gasteiger partial charge in [0.25, 0.3) is 0 Å². The predicted molar refractivity (Wildman–Crippen MR) is 55.1 cm³/mol. The van der Waals surface area contributed by atoms with E-state index in [1.807, 2.05) is 14.0 Å². The van der Waals surface area contributed by atoms with Crippen molar-refractivity contribution >= 4 is 5.82 Å². The highest BCUT2D eigenvalue weighted by molar-refractivity contribution is 5.39. The number of aryl methyl sites for hydroxylation is 2. The fourth-order valence-corrected chi connectivity index (χ4v) is 1.17. The van der Waals surface area contributed by atoms with Gasteiger partial charge in [0.05, 0.1) is 5.69 Å². The zero-order chi connectivity index (χ0) is 9.84. The van der Waals surface area contributed by atoms with Crippen LogP contribution in [0.2, 0.25) is 0 Å². The van der Waals surface area contributed by atoms with E-state index in [1.165, 1.54) is 5.56 Å². The Labute approximate surface area is 79.8 Å². The quantitative estimate of drug-likeness (QED) is 0.710. The van der Waals surface area contributed by atoms with E-state index in [2.05, 4.69) is 35.0 Å². The molecule has 0 aliphatic rings. The first-order valence-corrected chi connectivity index (χ1v) is 4.67. The molecule has 0 spiro atoms. The SMILES string of the molecule is CCCN(C)c1cc(C)c(C)nn1. The van der Waals surface area contributed by atoms with Gasteiger partial charge in [0.1, 0.15) is 0 Å². The molecule has 0 fully saturated rings. The Balaban J connectivity index is 2.84. The topological polar surface area (TPSA) is 29.0 Å². The molecule has 1 aromatic rings. The molecule has 0 aromatic carbocycles. The van der Waals surface area contributed by atoms with E-state index in [9.17, 15) is 0 Å². The minimum absolute atomic E-state index is 0.963. The van der Waals surface area contributed by atoms with Crippen LogP contribution < -0.4 is 4.90 Å². The third-order valence-electron chi connectivity index (χ3n) is 2.17.